The molecule has 1 N–H and O–H groups in total. The Balaban J connectivity index is 2.28. The maximum atomic E-state index is 11.7. The molecule has 5 nitrogen and oxygen atoms in total. The van der Waals surface area contributed by atoms with Crippen molar-refractivity contribution in [1.82, 2.24) is 5.32 Å². The van der Waals surface area contributed by atoms with Crippen LogP contribution >= 0.6 is 0 Å². The summed E-state index contributed by atoms with van der Waals surface area (Å²) in [7, 11) is 1.42. The van der Waals surface area contributed by atoms with Gasteiger partial charge in [-0.1, -0.05) is 27.7 Å². The molecule has 1 aliphatic rings. The van der Waals surface area contributed by atoms with Gasteiger partial charge in [-0.25, -0.2) is 0 Å². The lowest BCUT2D eigenvalue weighted by molar-refractivity contribution is -0.223. The summed E-state index contributed by atoms with van der Waals surface area (Å²) < 4.78 is 16.1. The highest BCUT2D eigenvalue weighted by atomic mass is 16.7. The van der Waals surface area contributed by atoms with Crippen LogP contribution in [0.25, 0.3) is 0 Å². The molecule has 0 saturated carbocycles. The highest BCUT2D eigenvalue weighted by Gasteiger charge is 2.28. The van der Waals surface area contributed by atoms with Gasteiger partial charge in [0.25, 0.3) is 0 Å². The van der Waals surface area contributed by atoms with Gasteiger partial charge in [-0.3, -0.25) is 4.79 Å². The van der Waals surface area contributed by atoms with Gasteiger partial charge in [-0.15, -0.1) is 0 Å². The topological polar surface area (TPSA) is 56.8 Å². The molecule has 5 heteroatoms. The van der Waals surface area contributed by atoms with Crippen molar-refractivity contribution in [3.63, 3.8) is 0 Å². The van der Waals surface area contributed by atoms with Crippen molar-refractivity contribution in [3.8, 4) is 0 Å². The van der Waals surface area contributed by atoms with Crippen LogP contribution < -0.4 is 5.32 Å². The molecule has 1 atom stereocenters. The fourth-order valence-corrected chi connectivity index (χ4v) is 2.15. The van der Waals surface area contributed by atoms with Crippen LogP contribution in [0.1, 0.15) is 40.5 Å². The Bertz CT molecular complexity index is 294. The average Bonchev–Trinajstić information content (AvgIpc) is 2.38. The summed E-state index contributed by atoms with van der Waals surface area (Å²) in [5.41, 5.74) is 0.0934. The van der Waals surface area contributed by atoms with E-state index >= 15 is 0 Å². The van der Waals surface area contributed by atoms with Gasteiger partial charge in [0.15, 0.2) is 6.29 Å². The maximum Gasteiger partial charge on any atom is 0.322 e. The minimum Gasteiger partial charge on any atom is -0.468 e. The summed E-state index contributed by atoms with van der Waals surface area (Å²) in [6, 6.07) is -0.250. The molecule has 20 heavy (non-hydrogen) atoms. The average molecular weight is 287 g/mol. The summed E-state index contributed by atoms with van der Waals surface area (Å²) in [6.45, 7) is 10.5. The SMILES string of the molecule is COC(=O)[C@H](CC(C)C)NCCC1OCC(C)(C)CO1. The molecule has 0 spiro atoms. The van der Waals surface area contributed by atoms with Crippen LogP contribution in [0, 0.1) is 11.3 Å². The Morgan fingerprint density at radius 3 is 2.45 bits per heavy atom. The number of hydrogen-bond donors (Lipinski definition) is 1. The second kappa shape index (κ2) is 7.96. The van der Waals surface area contributed by atoms with E-state index < -0.39 is 0 Å². The van der Waals surface area contributed by atoms with E-state index in [1.807, 2.05) is 0 Å². The van der Waals surface area contributed by atoms with Gasteiger partial charge in [0.1, 0.15) is 6.04 Å². The van der Waals surface area contributed by atoms with Crippen molar-refractivity contribution in [2.45, 2.75) is 52.9 Å². The molecule has 0 radical (unpaired) electrons. The van der Waals surface area contributed by atoms with E-state index in [0.29, 0.717) is 25.7 Å². The minimum absolute atomic E-state index is 0.0934. The van der Waals surface area contributed by atoms with Gasteiger partial charge in [0.2, 0.25) is 0 Å². The highest BCUT2D eigenvalue weighted by Crippen LogP contribution is 2.23. The smallest absolute Gasteiger partial charge is 0.322 e. The third kappa shape index (κ3) is 6.20. The Kier molecular flexibility index (Phi) is 6.92. The van der Waals surface area contributed by atoms with E-state index in [0.717, 1.165) is 12.8 Å². The van der Waals surface area contributed by atoms with Crippen molar-refractivity contribution in [2.75, 3.05) is 26.9 Å². The van der Waals surface area contributed by atoms with Crippen LogP contribution in [0.2, 0.25) is 0 Å². The zero-order valence-electron chi connectivity index (χ0n) is 13.4. The number of hydrogen-bond acceptors (Lipinski definition) is 5. The molecule has 0 unspecified atom stereocenters. The van der Waals surface area contributed by atoms with E-state index in [-0.39, 0.29) is 23.7 Å². The highest BCUT2D eigenvalue weighted by molar-refractivity contribution is 5.75. The van der Waals surface area contributed by atoms with Crippen LogP contribution in [0.3, 0.4) is 0 Å². The van der Waals surface area contributed by atoms with Crippen molar-refractivity contribution in [2.24, 2.45) is 11.3 Å². The summed E-state index contributed by atoms with van der Waals surface area (Å²) in [6.07, 6.45) is 1.33. The third-order valence-electron chi connectivity index (χ3n) is 3.28. The first kappa shape index (κ1) is 17.4. The number of esters is 1. The molecular formula is C15H29NO4. The number of rotatable bonds is 7. The molecule has 1 fully saturated rings. The quantitative estimate of drug-likeness (QED) is 0.725. The monoisotopic (exact) mass is 287 g/mol. The molecule has 1 aliphatic heterocycles. The zero-order valence-corrected chi connectivity index (χ0v) is 13.4. The number of methoxy groups -OCH3 is 1. The minimum atomic E-state index is -0.250. The van der Waals surface area contributed by atoms with Crippen LogP contribution in [0.4, 0.5) is 0 Å². The van der Waals surface area contributed by atoms with Gasteiger partial charge >= 0.3 is 5.97 Å². The number of ether oxygens (including phenoxy) is 3. The molecule has 0 amide bonds. The Labute approximate surface area is 122 Å². The Morgan fingerprint density at radius 2 is 1.95 bits per heavy atom. The van der Waals surface area contributed by atoms with Crippen molar-refractivity contribution in [1.29, 1.82) is 0 Å². The van der Waals surface area contributed by atoms with Crippen molar-refractivity contribution >= 4 is 5.97 Å². The van der Waals surface area contributed by atoms with E-state index in [1.165, 1.54) is 7.11 Å². The second-order valence-corrected chi connectivity index (χ2v) is 6.66. The molecule has 0 bridgehead atoms. The standard InChI is InChI=1S/C15H29NO4/c1-11(2)8-12(14(17)18-5)16-7-6-13-19-9-15(3,4)10-20-13/h11-13,16H,6-10H2,1-5H3/t12-/m0/s1. The van der Waals surface area contributed by atoms with Gasteiger partial charge in [-0.05, 0) is 12.3 Å². The van der Waals surface area contributed by atoms with Crippen LogP contribution in [0.5, 0.6) is 0 Å². The van der Waals surface area contributed by atoms with E-state index in [2.05, 4.69) is 33.0 Å². The largest absolute Gasteiger partial charge is 0.468 e. The first-order valence-corrected chi connectivity index (χ1v) is 7.38. The molecule has 1 heterocycles. The first-order chi connectivity index (χ1) is 9.34. The molecule has 0 aromatic carbocycles. The molecular weight excluding hydrogens is 258 g/mol. The fraction of sp³-hybridized carbons (Fsp3) is 0.933. The zero-order chi connectivity index (χ0) is 15.2. The molecule has 0 aromatic heterocycles. The molecule has 1 rings (SSSR count). The predicted octanol–water partition coefficient (Wildman–Crippen LogP) is 1.95. The third-order valence-corrected chi connectivity index (χ3v) is 3.28. The van der Waals surface area contributed by atoms with Crippen LogP contribution in [0.15, 0.2) is 0 Å². The molecule has 0 aromatic rings. The molecule has 0 aliphatic carbocycles. The van der Waals surface area contributed by atoms with Crippen molar-refractivity contribution < 1.29 is 19.0 Å². The van der Waals surface area contributed by atoms with E-state index in [4.69, 9.17) is 14.2 Å². The number of nitrogens with one attached hydrogen (secondary N) is 1. The lowest BCUT2D eigenvalue weighted by Gasteiger charge is -2.34. The first-order valence-electron chi connectivity index (χ1n) is 7.38. The normalized spacial score (nSPS) is 20.9. The summed E-state index contributed by atoms with van der Waals surface area (Å²) >= 11 is 0. The van der Waals surface area contributed by atoms with Gasteiger partial charge in [0, 0.05) is 18.4 Å². The van der Waals surface area contributed by atoms with Crippen LogP contribution in [-0.2, 0) is 19.0 Å². The maximum absolute atomic E-state index is 11.7. The Morgan fingerprint density at radius 1 is 1.35 bits per heavy atom. The predicted molar refractivity (Wildman–Crippen MR) is 77.4 cm³/mol. The number of carbonyl (C=O) groups is 1. The Hall–Kier alpha value is -0.650. The van der Waals surface area contributed by atoms with Gasteiger partial charge in [0.05, 0.1) is 20.3 Å². The van der Waals surface area contributed by atoms with Gasteiger partial charge in [-0.2, -0.15) is 0 Å². The van der Waals surface area contributed by atoms with E-state index in [9.17, 15) is 4.79 Å². The molecule has 118 valence electrons. The van der Waals surface area contributed by atoms with E-state index in [1.54, 1.807) is 0 Å². The van der Waals surface area contributed by atoms with Crippen LogP contribution in [-0.4, -0.2) is 45.2 Å². The molecule has 1 saturated heterocycles. The number of carbonyl (C=O) groups excluding carboxylic acids is 1. The summed E-state index contributed by atoms with van der Waals surface area (Å²) in [4.78, 5) is 11.7. The van der Waals surface area contributed by atoms with Crippen molar-refractivity contribution in [3.05, 3.63) is 0 Å². The second-order valence-electron chi connectivity index (χ2n) is 6.66. The lowest BCUT2D eigenvalue weighted by Crippen LogP contribution is -2.42. The summed E-state index contributed by atoms with van der Waals surface area (Å²) in [5.74, 6) is 0.236. The fourth-order valence-electron chi connectivity index (χ4n) is 2.15. The lowest BCUT2D eigenvalue weighted by atomic mass is 9.95. The summed E-state index contributed by atoms with van der Waals surface area (Å²) in [5, 5.41) is 3.24. The van der Waals surface area contributed by atoms with Gasteiger partial charge < -0.3 is 19.5 Å².